The van der Waals surface area contributed by atoms with Gasteiger partial charge < -0.3 is 15.7 Å². The largest absolute Gasteiger partial charge is 0.481 e. The van der Waals surface area contributed by atoms with Gasteiger partial charge in [-0.3, -0.25) is 19.3 Å². The highest BCUT2D eigenvalue weighted by Gasteiger charge is 2.63. The van der Waals surface area contributed by atoms with E-state index in [0.717, 1.165) is 12.8 Å². The summed E-state index contributed by atoms with van der Waals surface area (Å²) in [5.41, 5.74) is 6.35. The van der Waals surface area contributed by atoms with Crippen molar-refractivity contribution in [2.45, 2.75) is 31.7 Å². The number of likely N-dealkylation sites (tertiary alicyclic amines) is 2. The van der Waals surface area contributed by atoms with Crippen molar-refractivity contribution in [3.8, 4) is 0 Å². The number of amides is 2. The third-order valence-corrected chi connectivity index (χ3v) is 7.11. The van der Waals surface area contributed by atoms with Crippen LogP contribution in [-0.2, 0) is 20.8 Å². The van der Waals surface area contributed by atoms with E-state index in [4.69, 9.17) is 5.73 Å². The second kappa shape index (κ2) is 7.44. The number of primary amides is 1. The number of likely N-dealkylation sites (N-methyl/N-ethyl adjacent to an activating group) is 1. The van der Waals surface area contributed by atoms with Crippen molar-refractivity contribution < 1.29 is 19.5 Å². The predicted octanol–water partition coefficient (Wildman–Crippen LogP) is 0.974. The number of carbonyl (C=O) groups is 3. The second-order valence-corrected chi connectivity index (χ2v) is 9.16. The van der Waals surface area contributed by atoms with Crippen LogP contribution in [0.1, 0.15) is 24.8 Å². The van der Waals surface area contributed by atoms with E-state index in [1.165, 1.54) is 5.56 Å². The van der Waals surface area contributed by atoms with Crippen LogP contribution in [-0.4, -0.2) is 65.4 Å². The summed E-state index contributed by atoms with van der Waals surface area (Å²) < 4.78 is 0. The Hall–Kier alpha value is -2.41. The molecule has 5 atom stereocenters. The minimum Gasteiger partial charge on any atom is -0.481 e. The van der Waals surface area contributed by atoms with Crippen molar-refractivity contribution in [3.63, 3.8) is 0 Å². The Morgan fingerprint density at radius 3 is 2.55 bits per heavy atom. The van der Waals surface area contributed by atoms with Crippen molar-refractivity contribution >= 4 is 17.8 Å². The van der Waals surface area contributed by atoms with Crippen molar-refractivity contribution in [1.29, 1.82) is 0 Å². The molecule has 1 saturated carbocycles. The fraction of sp³-hybridized carbons (Fsp3) is 0.591. The molecule has 1 aromatic carbocycles. The lowest BCUT2D eigenvalue weighted by Crippen LogP contribution is -2.58. The molecule has 156 valence electrons. The molecule has 4 rings (SSSR count). The van der Waals surface area contributed by atoms with E-state index in [2.05, 4.69) is 12.1 Å². The third kappa shape index (κ3) is 3.75. The Kier molecular flexibility index (Phi) is 5.11. The normalized spacial score (nSPS) is 34.3. The third-order valence-electron chi connectivity index (χ3n) is 7.11. The lowest BCUT2D eigenvalue weighted by Gasteiger charge is -2.42. The molecule has 2 aliphatic heterocycles. The van der Waals surface area contributed by atoms with E-state index in [1.54, 1.807) is 7.05 Å². The first-order valence-electron chi connectivity index (χ1n) is 10.4. The molecule has 3 aliphatic rings. The minimum absolute atomic E-state index is 0.0958. The molecular formula is C22H29N3O4. The summed E-state index contributed by atoms with van der Waals surface area (Å²) in [6, 6.07) is 9.56. The van der Waals surface area contributed by atoms with Crippen LogP contribution in [0.5, 0.6) is 0 Å². The molecule has 0 aromatic heterocycles. The number of hydrogen-bond donors (Lipinski definition) is 2. The number of benzene rings is 1. The van der Waals surface area contributed by atoms with Gasteiger partial charge in [0.2, 0.25) is 11.8 Å². The zero-order chi connectivity index (χ0) is 20.8. The van der Waals surface area contributed by atoms with Crippen molar-refractivity contribution in [1.82, 2.24) is 9.80 Å². The first-order chi connectivity index (χ1) is 13.8. The first kappa shape index (κ1) is 19.9. The van der Waals surface area contributed by atoms with Gasteiger partial charge in [-0.2, -0.15) is 0 Å². The number of aliphatic carboxylic acids is 1. The molecule has 3 fully saturated rings. The number of piperidine rings is 1. The highest BCUT2D eigenvalue weighted by Crippen LogP contribution is 2.59. The maximum Gasteiger partial charge on any atom is 0.308 e. The van der Waals surface area contributed by atoms with Crippen LogP contribution in [0.25, 0.3) is 0 Å². The highest BCUT2D eigenvalue weighted by molar-refractivity contribution is 5.89. The molecule has 7 nitrogen and oxygen atoms in total. The van der Waals surface area contributed by atoms with Crippen LogP contribution in [0.3, 0.4) is 0 Å². The Bertz CT molecular complexity index is 814. The average Bonchev–Trinajstić information content (AvgIpc) is 3.16. The van der Waals surface area contributed by atoms with Crippen molar-refractivity contribution in [3.05, 3.63) is 35.9 Å². The summed E-state index contributed by atoms with van der Waals surface area (Å²) in [4.78, 5) is 40.6. The zero-order valence-corrected chi connectivity index (χ0v) is 16.8. The van der Waals surface area contributed by atoms with Gasteiger partial charge in [0.15, 0.2) is 0 Å². The van der Waals surface area contributed by atoms with Gasteiger partial charge in [0.25, 0.3) is 0 Å². The molecule has 2 amide bonds. The molecule has 2 heterocycles. The molecule has 1 aromatic rings. The lowest BCUT2D eigenvalue weighted by atomic mass is 9.79. The van der Waals surface area contributed by atoms with E-state index in [0.29, 0.717) is 38.4 Å². The van der Waals surface area contributed by atoms with Crippen LogP contribution >= 0.6 is 0 Å². The SMILES string of the molecule is CN1CC2(CC(C(=O)O)C1C(=O)N1CCC(Cc3ccccc3)C1)CC2C(N)=O. The number of carbonyl (C=O) groups excluding carboxylic acids is 2. The number of nitrogens with zero attached hydrogens (tertiary/aromatic N) is 2. The summed E-state index contributed by atoms with van der Waals surface area (Å²) in [5.74, 6) is -2.11. The van der Waals surface area contributed by atoms with Gasteiger partial charge in [0.05, 0.1) is 5.92 Å². The van der Waals surface area contributed by atoms with Crippen LogP contribution < -0.4 is 5.73 Å². The molecule has 29 heavy (non-hydrogen) atoms. The van der Waals surface area contributed by atoms with Gasteiger partial charge in [-0.15, -0.1) is 0 Å². The first-order valence-corrected chi connectivity index (χ1v) is 10.4. The van der Waals surface area contributed by atoms with E-state index in [-0.39, 0.29) is 23.1 Å². The van der Waals surface area contributed by atoms with Gasteiger partial charge in [-0.05, 0) is 49.6 Å². The van der Waals surface area contributed by atoms with Gasteiger partial charge >= 0.3 is 5.97 Å². The van der Waals surface area contributed by atoms with Gasteiger partial charge in [-0.25, -0.2) is 0 Å². The topological polar surface area (TPSA) is 104 Å². The number of rotatable bonds is 5. The van der Waals surface area contributed by atoms with Gasteiger partial charge in [-0.1, -0.05) is 30.3 Å². The van der Waals surface area contributed by atoms with Gasteiger partial charge in [0.1, 0.15) is 6.04 Å². The van der Waals surface area contributed by atoms with Crippen molar-refractivity contribution in [2.24, 2.45) is 28.9 Å². The summed E-state index contributed by atoms with van der Waals surface area (Å²) in [6.07, 6.45) is 2.83. The molecule has 1 aliphatic carbocycles. The molecule has 1 spiro atoms. The summed E-state index contributed by atoms with van der Waals surface area (Å²) >= 11 is 0. The minimum atomic E-state index is -0.968. The average molecular weight is 399 g/mol. The molecular weight excluding hydrogens is 370 g/mol. The van der Waals surface area contributed by atoms with E-state index < -0.39 is 17.9 Å². The standard InChI is InChI=1S/C22H29N3O4/c1-24-13-22(11-17(22)19(23)26)10-16(21(28)29)18(24)20(27)25-8-7-15(12-25)9-14-5-3-2-4-6-14/h2-6,15-18H,7-13H2,1H3,(H2,23,26)(H,28,29). The molecule has 0 bridgehead atoms. The molecule has 2 saturated heterocycles. The van der Waals surface area contributed by atoms with E-state index >= 15 is 0 Å². The Morgan fingerprint density at radius 2 is 1.93 bits per heavy atom. The zero-order valence-electron chi connectivity index (χ0n) is 16.8. The van der Waals surface area contributed by atoms with E-state index in [9.17, 15) is 19.5 Å². The monoisotopic (exact) mass is 399 g/mol. The Morgan fingerprint density at radius 1 is 1.21 bits per heavy atom. The summed E-state index contributed by atoms with van der Waals surface area (Å²) in [6.45, 7) is 1.88. The summed E-state index contributed by atoms with van der Waals surface area (Å²) in [5, 5.41) is 9.84. The fourth-order valence-corrected chi connectivity index (χ4v) is 5.58. The Balaban J connectivity index is 1.44. The fourth-order valence-electron chi connectivity index (χ4n) is 5.58. The smallest absolute Gasteiger partial charge is 0.308 e. The Labute approximate surface area is 170 Å². The van der Waals surface area contributed by atoms with Crippen LogP contribution in [0.15, 0.2) is 30.3 Å². The number of nitrogens with two attached hydrogens (primary N) is 1. The molecule has 3 N–H and O–H groups in total. The van der Waals surface area contributed by atoms with Crippen LogP contribution in [0.2, 0.25) is 0 Å². The lowest BCUT2D eigenvalue weighted by molar-refractivity contribution is -0.156. The molecule has 0 radical (unpaired) electrons. The van der Waals surface area contributed by atoms with Crippen LogP contribution in [0, 0.1) is 23.2 Å². The summed E-state index contributed by atoms with van der Waals surface area (Å²) in [7, 11) is 1.80. The molecule has 5 unspecified atom stereocenters. The number of carboxylic acid groups (broad SMARTS) is 1. The maximum absolute atomic E-state index is 13.3. The van der Waals surface area contributed by atoms with E-state index in [1.807, 2.05) is 28.0 Å². The van der Waals surface area contributed by atoms with Gasteiger partial charge in [0, 0.05) is 25.6 Å². The highest BCUT2D eigenvalue weighted by atomic mass is 16.4. The predicted molar refractivity (Wildman–Crippen MR) is 107 cm³/mol. The quantitative estimate of drug-likeness (QED) is 0.768. The number of carboxylic acids is 1. The van der Waals surface area contributed by atoms with Crippen LogP contribution in [0.4, 0.5) is 0 Å². The molecule has 7 heteroatoms. The van der Waals surface area contributed by atoms with Crippen molar-refractivity contribution in [2.75, 3.05) is 26.7 Å². The second-order valence-electron chi connectivity index (χ2n) is 9.16. The maximum atomic E-state index is 13.3. The number of hydrogen-bond acceptors (Lipinski definition) is 4.